The van der Waals surface area contributed by atoms with Crippen LogP contribution in [0.2, 0.25) is 0 Å². The van der Waals surface area contributed by atoms with Gasteiger partial charge in [-0.3, -0.25) is 4.90 Å². The summed E-state index contributed by atoms with van der Waals surface area (Å²) >= 11 is 0. The molecule has 1 aromatic heterocycles. The second-order valence-corrected chi connectivity index (χ2v) is 7.89. The summed E-state index contributed by atoms with van der Waals surface area (Å²) in [5, 5.41) is 11.9. The van der Waals surface area contributed by atoms with Gasteiger partial charge >= 0.3 is 0 Å². The summed E-state index contributed by atoms with van der Waals surface area (Å²) in [6.07, 6.45) is 2.32. The minimum Gasteiger partial charge on any atom is -0.356 e. The summed E-state index contributed by atoms with van der Waals surface area (Å²) < 4.78 is 2.01. The summed E-state index contributed by atoms with van der Waals surface area (Å²) in [5.74, 6) is 2.81. The van der Waals surface area contributed by atoms with Crippen LogP contribution in [0.15, 0.2) is 29.3 Å². The van der Waals surface area contributed by atoms with Gasteiger partial charge in [-0.1, -0.05) is 43.2 Å². The van der Waals surface area contributed by atoms with Crippen LogP contribution >= 0.6 is 24.0 Å². The van der Waals surface area contributed by atoms with Crippen molar-refractivity contribution in [2.45, 2.75) is 46.7 Å². The zero-order valence-electron chi connectivity index (χ0n) is 18.8. The SMILES string of the molecule is CCCCNC(=NCc1nnc(C)n1C)N1CCN(Cc2cccc(C)c2)CC1.I. The van der Waals surface area contributed by atoms with Crippen LogP contribution < -0.4 is 5.32 Å². The molecule has 8 heteroatoms. The van der Waals surface area contributed by atoms with Crippen molar-refractivity contribution in [3.05, 3.63) is 47.0 Å². The van der Waals surface area contributed by atoms with Crippen molar-refractivity contribution >= 4 is 29.9 Å². The van der Waals surface area contributed by atoms with Crippen LogP contribution in [0.3, 0.4) is 0 Å². The third kappa shape index (κ3) is 6.94. The Kier molecular flexibility index (Phi) is 10.0. The van der Waals surface area contributed by atoms with E-state index in [1.54, 1.807) is 0 Å². The highest BCUT2D eigenvalue weighted by Gasteiger charge is 2.20. The number of nitrogens with zero attached hydrogens (tertiary/aromatic N) is 6. The maximum Gasteiger partial charge on any atom is 0.194 e. The van der Waals surface area contributed by atoms with Crippen LogP contribution in [-0.2, 0) is 20.1 Å². The lowest BCUT2D eigenvalue weighted by Gasteiger charge is -2.36. The van der Waals surface area contributed by atoms with Gasteiger partial charge in [0.15, 0.2) is 11.8 Å². The number of piperazine rings is 1. The first-order valence-electron chi connectivity index (χ1n) is 10.7. The first kappa shape index (κ1) is 24.6. The predicted octanol–water partition coefficient (Wildman–Crippen LogP) is 3.11. The highest BCUT2D eigenvalue weighted by atomic mass is 127. The van der Waals surface area contributed by atoms with Gasteiger partial charge in [0, 0.05) is 46.3 Å². The molecule has 2 aromatic rings. The predicted molar refractivity (Wildman–Crippen MR) is 133 cm³/mol. The molecule has 1 saturated heterocycles. The highest BCUT2D eigenvalue weighted by molar-refractivity contribution is 14.0. The number of guanidine groups is 1. The Bertz CT molecular complexity index is 810. The van der Waals surface area contributed by atoms with E-state index in [9.17, 15) is 0 Å². The molecular formula is C22H36IN7. The fourth-order valence-electron chi connectivity index (χ4n) is 3.57. The van der Waals surface area contributed by atoms with Crippen molar-refractivity contribution in [1.29, 1.82) is 0 Å². The van der Waals surface area contributed by atoms with Crippen molar-refractivity contribution in [2.24, 2.45) is 12.0 Å². The van der Waals surface area contributed by atoms with Gasteiger partial charge < -0.3 is 14.8 Å². The van der Waals surface area contributed by atoms with Crippen LogP contribution in [0.5, 0.6) is 0 Å². The van der Waals surface area contributed by atoms with Gasteiger partial charge in [-0.15, -0.1) is 34.2 Å². The van der Waals surface area contributed by atoms with E-state index in [-0.39, 0.29) is 24.0 Å². The standard InChI is InChI=1S/C22H35N7.HI/c1-5-6-10-23-22(24-16-21-26-25-19(3)27(21)4)29-13-11-28(12-14-29)17-20-9-7-8-18(2)15-20;/h7-9,15H,5-6,10-14,16-17H2,1-4H3,(H,23,24);1H. The Balaban J connectivity index is 0.00000320. The molecule has 0 radical (unpaired) electrons. The monoisotopic (exact) mass is 525 g/mol. The lowest BCUT2D eigenvalue weighted by molar-refractivity contribution is 0.172. The number of halogens is 1. The Morgan fingerprint density at radius 2 is 1.90 bits per heavy atom. The lowest BCUT2D eigenvalue weighted by atomic mass is 10.1. The van der Waals surface area contributed by atoms with Gasteiger partial charge in [-0.2, -0.15) is 0 Å². The van der Waals surface area contributed by atoms with E-state index in [4.69, 9.17) is 4.99 Å². The Morgan fingerprint density at radius 1 is 1.13 bits per heavy atom. The number of aliphatic imine (C=N–C) groups is 1. The van der Waals surface area contributed by atoms with Gasteiger partial charge in [0.25, 0.3) is 0 Å². The smallest absolute Gasteiger partial charge is 0.194 e. The van der Waals surface area contributed by atoms with Gasteiger partial charge in [-0.05, 0) is 25.8 Å². The van der Waals surface area contributed by atoms with Crippen molar-refractivity contribution in [3.63, 3.8) is 0 Å². The van der Waals surface area contributed by atoms with Gasteiger partial charge in [0.05, 0.1) is 0 Å². The maximum atomic E-state index is 4.87. The molecule has 0 saturated carbocycles. The van der Waals surface area contributed by atoms with E-state index in [1.807, 2.05) is 18.5 Å². The first-order valence-corrected chi connectivity index (χ1v) is 10.7. The highest BCUT2D eigenvalue weighted by Crippen LogP contribution is 2.11. The molecule has 0 atom stereocenters. The minimum absolute atomic E-state index is 0. The van der Waals surface area contributed by atoms with Gasteiger partial charge in [0.1, 0.15) is 12.4 Å². The van der Waals surface area contributed by atoms with Crippen LogP contribution in [0.1, 0.15) is 42.5 Å². The zero-order chi connectivity index (χ0) is 20.6. The average Bonchev–Trinajstić information content (AvgIpc) is 3.03. The fraction of sp³-hybridized carbons (Fsp3) is 0.591. The number of rotatable bonds is 7. The van der Waals surface area contributed by atoms with E-state index in [1.165, 1.54) is 17.5 Å². The number of aryl methyl sites for hydroxylation is 2. The topological polar surface area (TPSA) is 61.6 Å². The van der Waals surface area contributed by atoms with Crippen LogP contribution in [-0.4, -0.2) is 63.2 Å². The molecule has 0 amide bonds. The number of unbranched alkanes of at least 4 members (excludes halogenated alkanes) is 1. The molecule has 1 aromatic carbocycles. The van der Waals surface area contributed by atoms with E-state index in [0.29, 0.717) is 6.54 Å². The lowest BCUT2D eigenvalue weighted by Crippen LogP contribution is -2.52. The van der Waals surface area contributed by atoms with E-state index in [2.05, 4.69) is 63.4 Å². The quantitative estimate of drug-likeness (QED) is 0.261. The normalized spacial score (nSPS) is 15.2. The van der Waals surface area contributed by atoms with Crippen molar-refractivity contribution in [2.75, 3.05) is 32.7 Å². The summed E-state index contributed by atoms with van der Waals surface area (Å²) in [5.41, 5.74) is 2.72. The fourth-order valence-corrected chi connectivity index (χ4v) is 3.57. The van der Waals surface area contributed by atoms with E-state index < -0.39 is 0 Å². The second-order valence-electron chi connectivity index (χ2n) is 7.89. The molecular weight excluding hydrogens is 489 g/mol. The summed E-state index contributed by atoms with van der Waals surface area (Å²) in [4.78, 5) is 9.78. The summed E-state index contributed by atoms with van der Waals surface area (Å²) in [7, 11) is 1.99. The molecule has 1 aliphatic rings. The maximum absolute atomic E-state index is 4.87. The van der Waals surface area contributed by atoms with Crippen molar-refractivity contribution < 1.29 is 0 Å². The van der Waals surface area contributed by atoms with Crippen LogP contribution in [0, 0.1) is 13.8 Å². The molecule has 30 heavy (non-hydrogen) atoms. The zero-order valence-corrected chi connectivity index (χ0v) is 21.1. The first-order chi connectivity index (χ1) is 14.1. The number of hydrogen-bond donors (Lipinski definition) is 1. The molecule has 7 nitrogen and oxygen atoms in total. The molecule has 1 fully saturated rings. The minimum atomic E-state index is 0. The number of aromatic nitrogens is 3. The van der Waals surface area contributed by atoms with Gasteiger partial charge in [-0.25, -0.2) is 4.99 Å². The van der Waals surface area contributed by atoms with E-state index >= 15 is 0 Å². The van der Waals surface area contributed by atoms with Crippen molar-refractivity contribution in [3.8, 4) is 0 Å². The number of hydrogen-bond acceptors (Lipinski definition) is 4. The molecule has 0 bridgehead atoms. The number of nitrogens with one attached hydrogen (secondary N) is 1. The van der Waals surface area contributed by atoms with Gasteiger partial charge in [0.2, 0.25) is 0 Å². The molecule has 166 valence electrons. The molecule has 1 aliphatic heterocycles. The molecule has 3 rings (SSSR count). The molecule has 0 aliphatic carbocycles. The average molecular weight is 525 g/mol. The Morgan fingerprint density at radius 3 is 2.53 bits per heavy atom. The molecule has 1 N–H and O–H groups in total. The van der Waals surface area contributed by atoms with Crippen LogP contribution in [0.4, 0.5) is 0 Å². The van der Waals surface area contributed by atoms with Crippen LogP contribution in [0.25, 0.3) is 0 Å². The Hall–Kier alpha value is -1.68. The van der Waals surface area contributed by atoms with Crippen molar-refractivity contribution in [1.82, 2.24) is 29.9 Å². The second kappa shape index (κ2) is 12.2. The summed E-state index contributed by atoms with van der Waals surface area (Å²) in [6.45, 7) is 12.9. The van der Waals surface area contributed by atoms with E-state index in [0.717, 1.165) is 63.3 Å². The molecule has 0 unspecified atom stereocenters. The third-order valence-electron chi connectivity index (χ3n) is 5.53. The summed E-state index contributed by atoms with van der Waals surface area (Å²) in [6, 6.07) is 8.82. The largest absolute Gasteiger partial charge is 0.356 e. The molecule has 0 spiro atoms. The Labute approximate surface area is 198 Å². The molecule has 2 heterocycles. The third-order valence-corrected chi connectivity index (χ3v) is 5.53. The number of benzene rings is 1.